The van der Waals surface area contributed by atoms with Gasteiger partial charge in [0.2, 0.25) is 0 Å². The summed E-state index contributed by atoms with van der Waals surface area (Å²) in [5, 5.41) is 0. The first-order chi connectivity index (χ1) is 15.1. The number of rotatable bonds is 3. The number of imidazole rings is 1. The van der Waals surface area contributed by atoms with Crippen molar-refractivity contribution in [2.45, 2.75) is 39.5 Å². The monoisotopic (exact) mass is 418 g/mol. The van der Waals surface area contributed by atoms with Gasteiger partial charge in [0.25, 0.3) is 0 Å². The molecule has 2 aromatic heterocycles. The van der Waals surface area contributed by atoms with Crippen LogP contribution in [-0.2, 0) is 4.74 Å². The third kappa shape index (κ3) is 4.10. The van der Waals surface area contributed by atoms with Crippen molar-refractivity contribution < 1.29 is 9.47 Å². The van der Waals surface area contributed by atoms with E-state index in [-0.39, 0.29) is 6.79 Å². The van der Waals surface area contributed by atoms with Crippen LogP contribution in [0.5, 0.6) is 5.75 Å². The van der Waals surface area contributed by atoms with Crippen LogP contribution < -0.4 is 4.74 Å². The molecule has 6 heteroatoms. The van der Waals surface area contributed by atoms with Crippen LogP contribution >= 0.6 is 0 Å². The van der Waals surface area contributed by atoms with Crippen LogP contribution in [0.15, 0.2) is 30.6 Å². The first-order valence-electron chi connectivity index (χ1n) is 11.2. The van der Waals surface area contributed by atoms with E-state index in [1.54, 1.807) is 0 Å². The fraction of sp³-hybridized carbons (Fsp3) is 0.440. The van der Waals surface area contributed by atoms with Gasteiger partial charge >= 0.3 is 0 Å². The number of likely N-dealkylation sites (tertiary alicyclic amines) is 1. The van der Waals surface area contributed by atoms with E-state index in [1.807, 2.05) is 20.0 Å². The molecule has 0 amide bonds. The fourth-order valence-electron chi connectivity index (χ4n) is 4.72. The topological polar surface area (TPSA) is 51.9 Å². The maximum Gasteiger partial charge on any atom is 0.189 e. The number of aromatic nitrogens is 3. The largest absolute Gasteiger partial charge is 0.467 e. The lowest BCUT2D eigenvalue weighted by atomic mass is 9.88. The molecule has 3 aromatic rings. The molecule has 0 bridgehead atoms. The summed E-state index contributed by atoms with van der Waals surface area (Å²) in [5.41, 5.74) is 7.21. The number of ether oxygens (including phenoxy) is 2. The van der Waals surface area contributed by atoms with E-state index in [0.717, 1.165) is 46.2 Å². The van der Waals surface area contributed by atoms with Crippen molar-refractivity contribution in [3.8, 4) is 5.75 Å². The van der Waals surface area contributed by atoms with Gasteiger partial charge in [-0.1, -0.05) is 19.1 Å². The second-order valence-corrected chi connectivity index (χ2v) is 8.61. The Morgan fingerprint density at radius 2 is 1.94 bits per heavy atom. The normalized spacial score (nSPS) is 18.2. The van der Waals surface area contributed by atoms with Gasteiger partial charge in [-0.15, -0.1) is 0 Å². The first-order valence-corrected chi connectivity index (χ1v) is 11.2. The molecule has 1 aromatic carbocycles. The predicted molar refractivity (Wildman–Crippen MR) is 122 cm³/mol. The highest BCUT2D eigenvalue weighted by atomic mass is 16.7. The van der Waals surface area contributed by atoms with Gasteiger partial charge in [-0.2, -0.15) is 0 Å². The molecule has 2 aliphatic rings. The number of hydrogen-bond acceptors (Lipinski definition) is 5. The molecule has 31 heavy (non-hydrogen) atoms. The maximum atomic E-state index is 5.97. The number of fused-ring (bicyclic) bond motifs is 2. The fourth-order valence-corrected chi connectivity index (χ4v) is 4.72. The molecule has 0 saturated carbocycles. The van der Waals surface area contributed by atoms with Crippen LogP contribution in [0.3, 0.4) is 0 Å². The van der Waals surface area contributed by atoms with Gasteiger partial charge in [0.05, 0.1) is 23.7 Å². The van der Waals surface area contributed by atoms with Crippen LogP contribution in [0.4, 0.5) is 0 Å². The highest BCUT2D eigenvalue weighted by Crippen LogP contribution is 2.34. The van der Waals surface area contributed by atoms with Crippen LogP contribution in [0.25, 0.3) is 17.3 Å². The standard InChI is InChI=1S/C25H30N4O2/c1-4-28-9-7-19(8-10-28)20-5-6-21-11-22(15-30-16-31-24(21)12-20)23-14-29-13-17(2)26-18(3)25(29)27-23/h5-6,11-14,19H,4,7-10,15-16H2,1-3H3. The average Bonchev–Trinajstić information content (AvgIpc) is 3.18. The zero-order valence-corrected chi connectivity index (χ0v) is 18.6. The van der Waals surface area contributed by atoms with Crippen LogP contribution in [-0.4, -0.2) is 52.3 Å². The Hall–Kier alpha value is -2.70. The minimum Gasteiger partial charge on any atom is -0.467 e. The minimum absolute atomic E-state index is 0.245. The zero-order chi connectivity index (χ0) is 21.4. The van der Waals surface area contributed by atoms with Gasteiger partial charge in [0.1, 0.15) is 5.75 Å². The Balaban J connectivity index is 1.46. The number of piperidine rings is 1. The summed E-state index contributed by atoms with van der Waals surface area (Å²) in [6, 6.07) is 6.67. The first kappa shape index (κ1) is 20.2. The van der Waals surface area contributed by atoms with Crippen LogP contribution in [0.1, 0.15) is 53.9 Å². The summed E-state index contributed by atoms with van der Waals surface area (Å²) in [7, 11) is 0. The van der Waals surface area contributed by atoms with Gasteiger partial charge in [0, 0.05) is 23.5 Å². The van der Waals surface area contributed by atoms with Gasteiger partial charge in [-0.25, -0.2) is 4.98 Å². The van der Waals surface area contributed by atoms with Crippen molar-refractivity contribution in [2.24, 2.45) is 0 Å². The lowest BCUT2D eigenvalue weighted by Crippen LogP contribution is -2.32. The molecular formula is C25H30N4O2. The van der Waals surface area contributed by atoms with E-state index >= 15 is 0 Å². The lowest BCUT2D eigenvalue weighted by Gasteiger charge is -2.31. The van der Waals surface area contributed by atoms with E-state index in [2.05, 4.69) is 51.7 Å². The molecule has 0 spiro atoms. The molecule has 0 radical (unpaired) electrons. The Bertz CT molecular complexity index is 1130. The number of benzene rings is 1. The van der Waals surface area contributed by atoms with Crippen molar-refractivity contribution in [1.82, 2.24) is 19.3 Å². The van der Waals surface area contributed by atoms with Crippen molar-refractivity contribution in [2.75, 3.05) is 33.0 Å². The van der Waals surface area contributed by atoms with Crippen LogP contribution in [0, 0.1) is 13.8 Å². The van der Waals surface area contributed by atoms with Crippen LogP contribution in [0.2, 0.25) is 0 Å². The summed E-state index contributed by atoms with van der Waals surface area (Å²) in [6.45, 7) is 10.4. The second-order valence-electron chi connectivity index (χ2n) is 8.61. The molecular weight excluding hydrogens is 388 g/mol. The molecule has 1 fully saturated rings. The quantitative estimate of drug-likeness (QED) is 0.629. The van der Waals surface area contributed by atoms with E-state index < -0.39 is 0 Å². The van der Waals surface area contributed by atoms with Crippen molar-refractivity contribution in [3.63, 3.8) is 0 Å². The minimum atomic E-state index is 0.245. The van der Waals surface area contributed by atoms with E-state index in [9.17, 15) is 0 Å². The molecule has 0 atom stereocenters. The van der Waals surface area contributed by atoms with Gasteiger partial charge in [0.15, 0.2) is 12.4 Å². The summed E-state index contributed by atoms with van der Waals surface area (Å²) < 4.78 is 13.8. The van der Waals surface area contributed by atoms with Crippen molar-refractivity contribution >= 4 is 17.3 Å². The van der Waals surface area contributed by atoms with E-state index in [1.165, 1.54) is 31.5 Å². The molecule has 6 nitrogen and oxygen atoms in total. The maximum absolute atomic E-state index is 5.97. The molecule has 0 unspecified atom stereocenters. The van der Waals surface area contributed by atoms with E-state index in [4.69, 9.17) is 14.5 Å². The Morgan fingerprint density at radius 3 is 2.74 bits per heavy atom. The number of hydrogen-bond donors (Lipinski definition) is 0. The third-order valence-corrected chi connectivity index (χ3v) is 6.48. The third-order valence-electron chi connectivity index (χ3n) is 6.48. The summed E-state index contributed by atoms with van der Waals surface area (Å²) >= 11 is 0. The smallest absolute Gasteiger partial charge is 0.189 e. The summed E-state index contributed by atoms with van der Waals surface area (Å²) in [6.07, 6.45) is 8.63. The van der Waals surface area contributed by atoms with Crippen molar-refractivity contribution in [3.05, 3.63) is 58.8 Å². The molecule has 162 valence electrons. The average molecular weight is 419 g/mol. The summed E-state index contributed by atoms with van der Waals surface area (Å²) in [4.78, 5) is 11.9. The molecule has 2 aliphatic heterocycles. The SMILES string of the molecule is CCN1CCC(c2ccc3c(c2)OCOCC(c2cn4cc(C)nc(C)c4n2)=C3)CC1. The number of nitrogens with zero attached hydrogens (tertiary/aromatic N) is 4. The number of aryl methyl sites for hydroxylation is 2. The predicted octanol–water partition coefficient (Wildman–Crippen LogP) is 4.45. The summed E-state index contributed by atoms with van der Waals surface area (Å²) in [5.74, 6) is 1.49. The van der Waals surface area contributed by atoms with Gasteiger partial charge in [-0.3, -0.25) is 4.98 Å². The highest BCUT2D eigenvalue weighted by molar-refractivity contribution is 5.83. The lowest BCUT2D eigenvalue weighted by molar-refractivity contribution is 0.0323. The van der Waals surface area contributed by atoms with Crippen molar-refractivity contribution in [1.29, 1.82) is 0 Å². The molecule has 4 heterocycles. The highest BCUT2D eigenvalue weighted by Gasteiger charge is 2.21. The zero-order valence-electron chi connectivity index (χ0n) is 18.6. The Labute approximate surface area is 183 Å². The Kier molecular flexibility index (Phi) is 5.50. The van der Waals surface area contributed by atoms with Gasteiger partial charge in [-0.05, 0) is 69.9 Å². The molecule has 1 saturated heterocycles. The van der Waals surface area contributed by atoms with Gasteiger partial charge < -0.3 is 18.8 Å². The van der Waals surface area contributed by atoms with E-state index in [0.29, 0.717) is 12.5 Å². The Morgan fingerprint density at radius 1 is 1.10 bits per heavy atom. The molecule has 0 aliphatic carbocycles. The second kappa shape index (κ2) is 8.44. The molecule has 0 N–H and O–H groups in total. The molecule has 5 rings (SSSR count).